The number of anilines is 1. The molecule has 188 valence electrons. The Kier molecular flexibility index (Phi) is 7.43. The first-order chi connectivity index (χ1) is 17.2. The number of carbonyl (C=O) groups excluding carboxylic acids is 3. The highest BCUT2D eigenvalue weighted by atomic mass is 16.5. The second kappa shape index (κ2) is 10.7. The van der Waals surface area contributed by atoms with Crippen LogP contribution in [0.4, 0.5) is 5.69 Å². The van der Waals surface area contributed by atoms with Crippen molar-refractivity contribution < 1.29 is 28.3 Å². The lowest BCUT2D eigenvalue weighted by Gasteiger charge is -2.29. The molecule has 0 saturated carbocycles. The Balaban J connectivity index is 1.49. The molecule has 0 fully saturated rings. The lowest BCUT2D eigenvalue weighted by Crippen LogP contribution is -2.38. The maximum Gasteiger partial charge on any atom is 0.287 e. The van der Waals surface area contributed by atoms with Gasteiger partial charge in [-0.15, -0.1) is 0 Å². The van der Waals surface area contributed by atoms with Gasteiger partial charge < -0.3 is 19.2 Å². The fourth-order valence-electron chi connectivity index (χ4n) is 3.76. The lowest BCUT2D eigenvalue weighted by atomic mass is 10.1. The van der Waals surface area contributed by atoms with Gasteiger partial charge in [0, 0.05) is 12.1 Å². The minimum absolute atomic E-state index is 0.100. The van der Waals surface area contributed by atoms with E-state index in [1.165, 1.54) is 4.90 Å². The topological polar surface area (TPSA) is 98.1 Å². The minimum atomic E-state index is -0.305. The van der Waals surface area contributed by atoms with Gasteiger partial charge >= 0.3 is 0 Å². The fourth-order valence-corrected chi connectivity index (χ4v) is 3.76. The minimum Gasteiger partial charge on any atom is -0.485 e. The molecular formula is C28H30N2O6. The summed E-state index contributed by atoms with van der Waals surface area (Å²) in [5, 5.41) is 2.81. The molecule has 1 aliphatic rings. The van der Waals surface area contributed by atoms with Crippen molar-refractivity contribution in [1.82, 2.24) is 5.32 Å². The standard InChI is InChI=1S/C28H30N2O6/c1-17(2)13-29-28(33)25-10-8-21(36-25)14-30-22-12-20(7-9-24(22)35-16-27(30)32)23(31)15-34-26-11-18(3)5-6-19(26)4/h5-12,17H,13-16H2,1-4H3,(H,29,33). The summed E-state index contributed by atoms with van der Waals surface area (Å²) in [5.74, 6) is 1.28. The molecule has 0 radical (unpaired) electrons. The number of ketones is 1. The molecule has 0 unspecified atom stereocenters. The SMILES string of the molecule is Cc1ccc(C)c(OCC(=O)c2ccc3c(c2)N(Cc2ccc(C(=O)NCC(C)C)o2)C(=O)CO3)c1. The fraction of sp³-hybridized carbons (Fsp3) is 0.321. The quantitative estimate of drug-likeness (QED) is 0.445. The number of fused-ring (bicyclic) bond motifs is 1. The number of carbonyl (C=O) groups is 3. The molecule has 1 aliphatic heterocycles. The smallest absolute Gasteiger partial charge is 0.287 e. The number of nitrogens with one attached hydrogen (secondary N) is 1. The molecule has 8 nitrogen and oxygen atoms in total. The zero-order valence-corrected chi connectivity index (χ0v) is 20.9. The number of ether oxygens (including phenoxy) is 2. The molecule has 4 rings (SSSR count). The molecule has 0 aliphatic carbocycles. The van der Waals surface area contributed by atoms with E-state index in [9.17, 15) is 14.4 Å². The maximum atomic E-state index is 12.9. The molecule has 1 aromatic heterocycles. The molecule has 8 heteroatoms. The monoisotopic (exact) mass is 490 g/mol. The molecule has 2 amide bonds. The van der Waals surface area contributed by atoms with E-state index in [0.29, 0.717) is 41.0 Å². The molecule has 0 saturated heterocycles. The summed E-state index contributed by atoms with van der Waals surface area (Å²) < 4.78 is 17.0. The third-order valence-corrected chi connectivity index (χ3v) is 5.80. The van der Waals surface area contributed by atoms with Crippen molar-refractivity contribution in [3.05, 3.63) is 76.7 Å². The molecule has 36 heavy (non-hydrogen) atoms. The maximum absolute atomic E-state index is 12.9. The van der Waals surface area contributed by atoms with Crippen molar-refractivity contribution >= 4 is 23.3 Å². The molecule has 0 bridgehead atoms. The first-order valence-electron chi connectivity index (χ1n) is 11.9. The van der Waals surface area contributed by atoms with Crippen LogP contribution in [0.3, 0.4) is 0 Å². The first-order valence-corrected chi connectivity index (χ1v) is 11.9. The highest BCUT2D eigenvalue weighted by Crippen LogP contribution is 2.34. The lowest BCUT2D eigenvalue weighted by molar-refractivity contribution is -0.121. The van der Waals surface area contributed by atoms with Crippen molar-refractivity contribution in [1.29, 1.82) is 0 Å². The van der Waals surface area contributed by atoms with Crippen LogP contribution in [0.2, 0.25) is 0 Å². The van der Waals surface area contributed by atoms with E-state index in [0.717, 1.165) is 11.1 Å². The molecule has 0 atom stereocenters. The summed E-state index contributed by atoms with van der Waals surface area (Å²) >= 11 is 0. The van der Waals surface area contributed by atoms with Gasteiger partial charge in [-0.25, -0.2) is 0 Å². The Hall–Kier alpha value is -4.07. The van der Waals surface area contributed by atoms with Gasteiger partial charge in [0.2, 0.25) is 0 Å². The number of hydrogen-bond acceptors (Lipinski definition) is 6. The van der Waals surface area contributed by atoms with E-state index in [4.69, 9.17) is 13.9 Å². The van der Waals surface area contributed by atoms with E-state index in [2.05, 4.69) is 5.32 Å². The van der Waals surface area contributed by atoms with Gasteiger partial charge in [-0.3, -0.25) is 19.3 Å². The Bertz CT molecular complexity index is 1290. The van der Waals surface area contributed by atoms with E-state index in [1.54, 1.807) is 30.3 Å². The summed E-state index contributed by atoms with van der Waals surface area (Å²) in [4.78, 5) is 39.4. The van der Waals surface area contributed by atoms with Crippen LogP contribution in [0.1, 0.15) is 51.6 Å². The second-order valence-electron chi connectivity index (χ2n) is 9.30. The number of furan rings is 1. The average Bonchev–Trinajstić information content (AvgIpc) is 3.33. The van der Waals surface area contributed by atoms with Crippen LogP contribution in [0.25, 0.3) is 0 Å². The van der Waals surface area contributed by atoms with Crippen LogP contribution in [0, 0.1) is 19.8 Å². The second-order valence-corrected chi connectivity index (χ2v) is 9.30. The molecule has 0 spiro atoms. The number of hydrogen-bond donors (Lipinski definition) is 1. The van der Waals surface area contributed by atoms with Crippen molar-refractivity contribution in [2.24, 2.45) is 5.92 Å². The van der Waals surface area contributed by atoms with Gasteiger partial charge in [0.1, 0.15) is 17.3 Å². The van der Waals surface area contributed by atoms with Crippen molar-refractivity contribution in [3.63, 3.8) is 0 Å². The van der Waals surface area contributed by atoms with Gasteiger partial charge in [-0.1, -0.05) is 26.0 Å². The van der Waals surface area contributed by atoms with Crippen LogP contribution < -0.4 is 19.7 Å². The summed E-state index contributed by atoms with van der Waals surface area (Å²) in [5.41, 5.74) is 2.85. The zero-order chi connectivity index (χ0) is 25.8. The molecule has 3 aromatic rings. The third kappa shape index (κ3) is 5.76. The predicted molar refractivity (Wildman–Crippen MR) is 135 cm³/mol. The number of nitrogens with zero attached hydrogens (tertiary/aromatic N) is 1. The number of aryl methyl sites for hydroxylation is 2. The van der Waals surface area contributed by atoms with Gasteiger partial charge in [-0.2, -0.15) is 0 Å². The predicted octanol–water partition coefficient (Wildman–Crippen LogP) is 4.47. The summed E-state index contributed by atoms with van der Waals surface area (Å²) in [7, 11) is 0. The van der Waals surface area contributed by atoms with Crippen molar-refractivity contribution in [3.8, 4) is 11.5 Å². The third-order valence-electron chi connectivity index (χ3n) is 5.80. The molecular weight excluding hydrogens is 460 g/mol. The van der Waals surface area contributed by atoms with Gasteiger partial charge in [0.15, 0.2) is 24.8 Å². The van der Waals surface area contributed by atoms with Gasteiger partial charge in [0.05, 0.1) is 12.2 Å². The van der Waals surface area contributed by atoms with E-state index < -0.39 is 0 Å². The first kappa shape index (κ1) is 25.0. The molecule has 1 N–H and O–H groups in total. The van der Waals surface area contributed by atoms with Crippen LogP contribution in [0.5, 0.6) is 11.5 Å². The van der Waals surface area contributed by atoms with E-state index in [1.807, 2.05) is 45.9 Å². The Morgan fingerprint density at radius 2 is 1.89 bits per heavy atom. The zero-order valence-electron chi connectivity index (χ0n) is 20.9. The largest absolute Gasteiger partial charge is 0.485 e. The average molecular weight is 491 g/mol. The summed E-state index contributed by atoms with van der Waals surface area (Å²) in [6.07, 6.45) is 0. The normalized spacial score (nSPS) is 12.8. The number of Topliss-reactive ketones (excluding diaryl/α,β-unsaturated/α-hetero) is 1. The highest BCUT2D eigenvalue weighted by Gasteiger charge is 2.28. The number of benzene rings is 2. The van der Waals surface area contributed by atoms with E-state index in [-0.39, 0.29) is 43.1 Å². The van der Waals surface area contributed by atoms with Crippen LogP contribution >= 0.6 is 0 Å². The van der Waals surface area contributed by atoms with Crippen molar-refractivity contribution in [2.75, 3.05) is 24.7 Å². The number of amides is 2. The van der Waals surface area contributed by atoms with Gasteiger partial charge in [-0.05, 0) is 67.3 Å². The van der Waals surface area contributed by atoms with Crippen LogP contribution in [-0.2, 0) is 11.3 Å². The summed E-state index contributed by atoms with van der Waals surface area (Å²) in [6.45, 7) is 8.27. The summed E-state index contributed by atoms with van der Waals surface area (Å²) in [6, 6.07) is 14.0. The number of rotatable bonds is 9. The van der Waals surface area contributed by atoms with Crippen molar-refractivity contribution in [2.45, 2.75) is 34.2 Å². The van der Waals surface area contributed by atoms with Gasteiger partial charge in [0.25, 0.3) is 11.8 Å². The Morgan fingerprint density at radius 1 is 1.08 bits per heavy atom. The molecule has 2 heterocycles. The Labute approximate surface area is 210 Å². The van der Waals surface area contributed by atoms with Crippen LogP contribution in [-0.4, -0.2) is 37.4 Å². The highest BCUT2D eigenvalue weighted by molar-refractivity contribution is 6.02. The molecule has 2 aromatic carbocycles. The van der Waals surface area contributed by atoms with E-state index >= 15 is 0 Å². The van der Waals surface area contributed by atoms with Crippen LogP contribution in [0.15, 0.2) is 52.9 Å². The Morgan fingerprint density at radius 3 is 2.67 bits per heavy atom.